The number of phenols is 1. The zero-order valence-corrected chi connectivity index (χ0v) is 6.80. The van der Waals surface area contributed by atoms with Crippen LogP contribution in [0.2, 0.25) is 0 Å². The van der Waals surface area contributed by atoms with E-state index in [2.05, 4.69) is 5.32 Å². The number of phenolic OH excluding ortho intramolecular Hbond substituents is 1. The molecule has 13 heavy (non-hydrogen) atoms. The van der Waals surface area contributed by atoms with Crippen LogP contribution in [0, 0.1) is 5.82 Å². The summed E-state index contributed by atoms with van der Waals surface area (Å²) in [5.41, 5.74) is 0.630. The number of benzene rings is 1. The summed E-state index contributed by atoms with van der Waals surface area (Å²) in [6, 6.07) is 2.85. The third kappa shape index (κ3) is 1.14. The summed E-state index contributed by atoms with van der Waals surface area (Å²) in [7, 11) is 0. The van der Waals surface area contributed by atoms with Crippen molar-refractivity contribution >= 4 is 5.91 Å². The average Bonchev–Trinajstić information content (AvgIpc) is 2.12. The predicted molar refractivity (Wildman–Crippen MR) is 44.1 cm³/mol. The van der Waals surface area contributed by atoms with Gasteiger partial charge in [0.25, 0.3) is 5.91 Å². The Morgan fingerprint density at radius 2 is 2.23 bits per heavy atom. The first-order chi connectivity index (χ1) is 6.20. The monoisotopic (exact) mass is 181 g/mol. The third-order valence-corrected chi connectivity index (χ3v) is 2.11. The van der Waals surface area contributed by atoms with Crippen molar-refractivity contribution in [3.05, 3.63) is 29.1 Å². The Hall–Kier alpha value is -1.58. The molecule has 0 atom stereocenters. The second kappa shape index (κ2) is 2.73. The highest BCUT2D eigenvalue weighted by Gasteiger charge is 2.22. The maximum atomic E-state index is 13.2. The van der Waals surface area contributed by atoms with E-state index in [1.54, 1.807) is 6.07 Å². The van der Waals surface area contributed by atoms with Gasteiger partial charge in [0.2, 0.25) is 0 Å². The number of nitrogens with one attached hydrogen (secondary N) is 1. The van der Waals surface area contributed by atoms with Crippen molar-refractivity contribution in [1.82, 2.24) is 5.32 Å². The Labute approximate surface area is 74.2 Å². The number of hydrogen-bond acceptors (Lipinski definition) is 2. The highest BCUT2D eigenvalue weighted by Crippen LogP contribution is 2.24. The van der Waals surface area contributed by atoms with Crippen molar-refractivity contribution < 1.29 is 14.3 Å². The molecule has 0 aliphatic carbocycles. The van der Waals surface area contributed by atoms with E-state index in [-0.39, 0.29) is 5.56 Å². The number of fused-ring (bicyclic) bond motifs is 1. The van der Waals surface area contributed by atoms with Crippen molar-refractivity contribution in [1.29, 1.82) is 0 Å². The highest BCUT2D eigenvalue weighted by atomic mass is 19.1. The summed E-state index contributed by atoms with van der Waals surface area (Å²) in [6.07, 6.45) is 0.609. The molecule has 1 heterocycles. The molecule has 0 spiro atoms. The van der Waals surface area contributed by atoms with Crippen LogP contribution >= 0.6 is 0 Å². The van der Waals surface area contributed by atoms with Gasteiger partial charge in [-0.2, -0.15) is 0 Å². The number of carbonyl (C=O) groups is 1. The molecule has 4 heteroatoms. The number of halogens is 1. The highest BCUT2D eigenvalue weighted by molar-refractivity contribution is 5.97. The van der Waals surface area contributed by atoms with Crippen molar-refractivity contribution in [2.45, 2.75) is 6.42 Å². The van der Waals surface area contributed by atoms with Gasteiger partial charge in [-0.3, -0.25) is 4.79 Å². The largest absolute Gasteiger partial charge is 0.505 e. The summed E-state index contributed by atoms with van der Waals surface area (Å²) in [5.74, 6) is -1.75. The van der Waals surface area contributed by atoms with Gasteiger partial charge >= 0.3 is 0 Å². The fourth-order valence-corrected chi connectivity index (χ4v) is 1.46. The van der Waals surface area contributed by atoms with Gasteiger partial charge < -0.3 is 10.4 Å². The van der Waals surface area contributed by atoms with E-state index in [1.807, 2.05) is 0 Å². The fourth-order valence-electron chi connectivity index (χ4n) is 1.46. The minimum atomic E-state index is -0.824. The number of hydrogen-bond donors (Lipinski definition) is 2. The summed E-state index contributed by atoms with van der Waals surface area (Å²) in [6.45, 7) is 0.524. The van der Waals surface area contributed by atoms with Crippen molar-refractivity contribution in [2.75, 3.05) is 6.54 Å². The van der Waals surface area contributed by atoms with Gasteiger partial charge in [0.1, 0.15) is 0 Å². The quantitative estimate of drug-likeness (QED) is 0.622. The van der Waals surface area contributed by atoms with Gasteiger partial charge in [-0.05, 0) is 18.1 Å². The topological polar surface area (TPSA) is 49.3 Å². The Kier molecular flexibility index (Phi) is 1.69. The van der Waals surface area contributed by atoms with E-state index >= 15 is 0 Å². The summed E-state index contributed by atoms with van der Waals surface area (Å²) in [5, 5.41) is 11.6. The van der Waals surface area contributed by atoms with Crippen molar-refractivity contribution in [3.63, 3.8) is 0 Å². The number of carbonyl (C=O) groups excluding carboxylic acids is 1. The lowest BCUT2D eigenvalue weighted by Crippen LogP contribution is -2.32. The molecule has 0 fully saturated rings. The zero-order valence-electron chi connectivity index (χ0n) is 6.80. The summed E-state index contributed by atoms with van der Waals surface area (Å²) >= 11 is 0. The third-order valence-electron chi connectivity index (χ3n) is 2.11. The molecule has 2 rings (SSSR count). The van der Waals surface area contributed by atoms with E-state index in [0.717, 1.165) is 0 Å². The van der Waals surface area contributed by atoms with Gasteiger partial charge in [0.15, 0.2) is 11.6 Å². The van der Waals surface area contributed by atoms with E-state index in [9.17, 15) is 9.18 Å². The van der Waals surface area contributed by atoms with Gasteiger partial charge in [-0.1, -0.05) is 6.07 Å². The van der Waals surface area contributed by atoms with E-state index < -0.39 is 17.5 Å². The second-order valence-corrected chi connectivity index (χ2v) is 2.94. The van der Waals surface area contributed by atoms with Crippen LogP contribution in [0.1, 0.15) is 15.9 Å². The summed E-state index contributed by atoms with van der Waals surface area (Å²) in [4.78, 5) is 11.2. The fraction of sp³-hybridized carbons (Fsp3) is 0.222. The van der Waals surface area contributed by atoms with Gasteiger partial charge in [0, 0.05) is 6.54 Å². The van der Waals surface area contributed by atoms with Gasteiger partial charge in [-0.25, -0.2) is 4.39 Å². The van der Waals surface area contributed by atoms with Crippen molar-refractivity contribution in [2.24, 2.45) is 0 Å². The average molecular weight is 181 g/mol. The minimum Gasteiger partial charge on any atom is -0.505 e. The SMILES string of the molecule is O=C1NCCc2ccc(O)c(F)c21. The van der Waals surface area contributed by atoms with Crippen molar-refractivity contribution in [3.8, 4) is 5.75 Å². The summed E-state index contributed by atoms with van der Waals surface area (Å²) < 4.78 is 13.2. The van der Waals surface area contributed by atoms with Crippen LogP contribution in [0.25, 0.3) is 0 Å². The molecule has 1 aliphatic heterocycles. The molecule has 3 nitrogen and oxygen atoms in total. The van der Waals surface area contributed by atoms with Gasteiger partial charge in [0.05, 0.1) is 5.56 Å². The first-order valence-electron chi connectivity index (χ1n) is 3.98. The molecule has 0 radical (unpaired) electrons. The van der Waals surface area contributed by atoms with Crippen LogP contribution in [-0.2, 0) is 6.42 Å². The molecule has 1 aromatic rings. The maximum absolute atomic E-state index is 13.2. The minimum absolute atomic E-state index is 0.0220. The second-order valence-electron chi connectivity index (χ2n) is 2.94. The Morgan fingerprint density at radius 1 is 1.46 bits per heavy atom. The number of rotatable bonds is 0. The van der Waals surface area contributed by atoms with Crippen LogP contribution in [0.3, 0.4) is 0 Å². The lowest BCUT2D eigenvalue weighted by molar-refractivity contribution is 0.0940. The standard InChI is InChI=1S/C9H8FNO2/c10-8-6(12)2-1-5-3-4-11-9(13)7(5)8/h1-2,12H,3-4H2,(H,11,13). The van der Waals surface area contributed by atoms with E-state index in [4.69, 9.17) is 5.11 Å². The van der Waals surface area contributed by atoms with Crippen LogP contribution in [0.5, 0.6) is 5.75 Å². The molecule has 0 aromatic heterocycles. The Morgan fingerprint density at radius 3 is 3.00 bits per heavy atom. The first-order valence-corrected chi connectivity index (χ1v) is 3.98. The van der Waals surface area contributed by atoms with E-state index in [1.165, 1.54) is 6.07 Å². The number of aromatic hydroxyl groups is 1. The molecular formula is C9H8FNO2. The van der Waals surface area contributed by atoms with Crippen LogP contribution < -0.4 is 5.32 Å². The Balaban J connectivity index is 2.65. The zero-order chi connectivity index (χ0) is 9.42. The molecule has 0 saturated carbocycles. The Bertz CT molecular complexity index is 376. The number of amides is 1. The molecule has 0 unspecified atom stereocenters. The van der Waals surface area contributed by atoms with Crippen LogP contribution in [-0.4, -0.2) is 17.6 Å². The molecule has 0 bridgehead atoms. The maximum Gasteiger partial charge on any atom is 0.254 e. The molecule has 1 amide bonds. The van der Waals surface area contributed by atoms with Crippen LogP contribution in [0.15, 0.2) is 12.1 Å². The molecule has 1 aliphatic rings. The predicted octanol–water partition coefficient (Wildman–Crippen LogP) is 0.817. The lowest BCUT2D eigenvalue weighted by atomic mass is 9.99. The lowest BCUT2D eigenvalue weighted by Gasteiger charge is -2.16. The van der Waals surface area contributed by atoms with Gasteiger partial charge in [-0.15, -0.1) is 0 Å². The molecular weight excluding hydrogens is 173 g/mol. The molecule has 1 aromatic carbocycles. The van der Waals surface area contributed by atoms with E-state index in [0.29, 0.717) is 18.5 Å². The molecule has 2 N–H and O–H groups in total. The molecule has 68 valence electrons. The van der Waals surface area contributed by atoms with Crippen LogP contribution in [0.4, 0.5) is 4.39 Å². The molecule has 0 saturated heterocycles. The normalized spacial score (nSPS) is 15.0. The smallest absolute Gasteiger partial charge is 0.254 e. The first kappa shape index (κ1) is 8.04.